The number of piperidine rings is 1. The van der Waals surface area contributed by atoms with Gasteiger partial charge in [-0.15, -0.1) is 11.8 Å². The van der Waals surface area contributed by atoms with Gasteiger partial charge in [0.1, 0.15) is 0 Å². The van der Waals surface area contributed by atoms with Gasteiger partial charge in [0.25, 0.3) is 5.91 Å². The normalized spacial score (nSPS) is 16.4. The van der Waals surface area contributed by atoms with Crippen molar-refractivity contribution < 1.29 is 9.59 Å². The summed E-state index contributed by atoms with van der Waals surface area (Å²) in [6.45, 7) is 1.62. The molecule has 1 N–H and O–H groups in total. The van der Waals surface area contributed by atoms with Gasteiger partial charge >= 0.3 is 5.69 Å². The summed E-state index contributed by atoms with van der Waals surface area (Å²) in [7, 11) is 0. The molecule has 2 amide bonds. The maximum absolute atomic E-state index is 13.3. The molecule has 0 unspecified atom stereocenters. The molecular formula is C28H26N4O3S. The molecular weight excluding hydrogens is 472 g/mol. The monoisotopic (exact) mass is 498 g/mol. The van der Waals surface area contributed by atoms with Gasteiger partial charge in [-0.1, -0.05) is 36.4 Å². The summed E-state index contributed by atoms with van der Waals surface area (Å²) in [5.41, 5.74) is 4.13. The number of aromatic amines is 1. The number of fused-ring (bicyclic) bond motifs is 2. The zero-order valence-electron chi connectivity index (χ0n) is 19.7. The molecule has 6 rings (SSSR count). The largest absolute Gasteiger partial charge is 0.338 e. The number of nitrogens with one attached hydrogen (secondary N) is 1. The molecule has 4 aromatic rings. The van der Waals surface area contributed by atoms with Crippen molar-refractivity contribution in [1.82, 2.24) is 14.5 Å². The zero-order chi connectivity index (χ0) is 24.6. The van der Waals surface area contributed by atoms with Crippen molar-refractivity contribution in [1.29, 1.82) is 0 Å². The van der Waals surface area contributed by atoms with Crippen LogP contribution >= 0.6 is 11.8 Å². The number of nitrogens with zero attached hydrogens (tertiary/aromatic N) is 3. The molecule has 0 atom stereocenters. The average molecular weight is 499 g/mol. The van der Waals surface area contributed by atoms with Crippen LogP contribution in [0.15, 0.2) is 82.5 Å². The Kier molecular flexibility index (Phi) is 5.89. The highest BCUT2D eigenvalue weighted by atomic mass is 32.2. The van der Waals surface area contributed by atoms with Gasteiger partial charge in [-0.2, -0.15) is 0 Å². The van der Waals surface area contributed by atoms with Gasteiger partial charge in [-0.25, -0.2) is 4.79 Å². The van der Waals surface area contributed by atoms with Crippen LogP contribution in [0, 0.1) is 0 Å². The Morgan fingerprint density at radius 3 is 2.58 bits per heavy atom. The van der Waals surface area contributed by atoms with Gasteiger partial charge in [-0.05, 0) is 54.8 Å². The number of hydrogen-bond acceptors (Lipinski definition) is 4. The first kappa shape index (κ1) is 22.7. The SMILES string of the molecule is O=C(c1cccc(CN2C(=O)CSc3ccccc32)c1)N1CCC(n2c(=O)[nH]c3ccccc32)CC1. The Labute approximate surface area is 212 Å². The summed E-state index contributed by atoms with van der Waals surface area (Å²) in [6.07, 6.45) is 1.45. The van der Waals surface area contributed by atoms with Gasteiger partial charge in [0.15, 0.2) is 0 Å². The predicted octanol–water partition coefficient (Wildman–Crippen LogP) is 4.45. The van der Waals surface area contributed by atoms with Crippen molar-refractivity contribution >= 4 is 40.3 Å². The molecule has 0 radical (unpaired) electrons. The van der Waals surface area contributed by atoms with Crippen LogP contribution in [0.25, 0.3) is 11.0 Å². The standard InChI is InChI=1S/C28H26N4O3S/c33-26-18-36-25-11-4-3-10-24(25)31(26)17-19-6-5-7-20(16-19)27(34)30-14-12-21(13-15-30)32-23-9-2-1-8-22(23)29-28(32)35/h1-11,16,21H,12-15,17-18H2,(H,29,35). The van der Waals surface area contributed by atoms with E-state index in [9.17, 15) is 14.4 Å². The number of anilines is 1. The van der Waals surface area contributed by atoms with Crippen LogP contribution in [0.4, 0.5) is 5.69 Å². The molecule has 3 heterocycles. The lowest BCUT2D eigenvalue weighted by Crippen LogP contribution is -2.40. The second-order valence-corrected chi connectivity index (χ2v) is 10.3. The molecule has 0 bridgehead atoms. The number of benzene rings is 3. The van der Waals surface area contributed by atoms with Crippen molar-refractivity contribution in [3.05, 3.63) is 94.4 Å². The lowest BCUT2D eigenvalue weighted by molar-refractivity contribution is -0.116. The van der Waals surface area contributed by atoms with Crippen molar-refractivity contribution in [2.45, 2.75) is 30.3 Å². The second kappa shape index (κ2) is 9.35. The molecule has 2 aliphatic heterocycles. The van der Waals surface area contributed by atoms with E-state index in [2.05, 4.69) is 4.98 Å². The van der Waals surface area contributed by atoms with E-state index in [0.29, 0.717) is 31.0 Å². The van der Waals surface area contributed by atoms with Gasteiger partial charge in [0.2, 0.25) is 5.91 Å². The minimum absolute atomic E-state index is 0.0116. The van der Waals surface area contributed by atoms with Crippen LogP contribution in [0.5, 0.6) is 0 Å². The molecule has 0 saturated carbocycles. The number of likely N-dealkylation sites (tertiary alicyclic amines) is 1. The first-order valence-electron chi connectivity index (χ1n) is 12.2. The first-order valence-corrected chi connectivity index (χ1v) is 13.2. The topological polar surface area (TPSA) is 78.4 Å². The number of H-pyrrole nitrogens is 1. The third-order valence-corrected chi connectivity index (χ3v) is 8.11. The number of carbonyl (C=O) groups excluding carboxylic acids is 2. The fourth-order valence-electron chi connectivity index (χ4n) is 5.26. The van der Waals surface area contributed by atoms with Crippen molar-refractivity contribution in [3.63, 3.8) is 0 Å². The highest BCUT2D eigenvalue weighted by Gasteiger charge is 2.28. The van der Waals surface area contributed by atoms with E-state index in [1.807, 2.05) is 82.3 Å². The van der Waals surface area contributed by atoms with Crippen molar-refractivity contribution in [2.75, 3.05) is 23.7 Å². The summed E-state index contributed by atoms with van der Waals surface area (Å²) in [4.78, 5) is 46.3. The maximum atomic E-state index is 13.3. The summed E-state index contributed by atoms with van der Waals surface area (Å²) < 4.78 is 1.84. The lowest BCUT2D eigenvalue weighted by atomic mass is 10.0. The molecule has 1 fully saturated rings. The third-order valence-electron chi connectivity index (χ3n) is 7.06. The second-order valence-electron chi connectivity index (χ2n) is 9.28. The number of para-hydroxylation sites is 3. The number of carbonyl (C=O) groups is 2. The number of aromatic nitrogens is 2. The number of thioether (sulfide) groups is 1. The highest BCUT2D eigenvalue weighted by Crippen LogP contribution is 2.36. The Bertz CT molecular complexity index is 1520. The molecule has 7 nitrogen and oxygen atoms in total. The van der Waals surface area contributed by atoms with E-state index < -0.39 is 0 Å². The molecule has 0 spiro atoms. The molecule has 2 aliphatic rings. The van der Waals surface area contributed by atoms with Gasteiger partial charge in [0, 0.05) is 29.6 Å². The molecule has 3 aromatic carbocycles. The van der Waals surface area contributed by atoms with Crippen LogP contribution < -0.4 is 10.6 Å². The van der Waals surface area contributed by atoms with E-state index in [1.165, 1.54) is 0 Å². The number of amides is 2. The Morgan fingerprint density at radius 2 is 1.72 bits per heavy atom. The average Bonchev–Trinajstić information content (AvgIpc) is 3.26. The van der Waals surface area contributed by atoms with Crippen LogP contribution in [0.2, 0.25) is 0 Å². The quantitative estimate of drug-likeness (QED) is 0.451. The van der Waals surface area contributed by atoms with E-state index >= 15 is 0 Å². The third kappa shape index (κ3) is 4.11. The van der Waals surface area contributed by atoms with Crippen molar-refractivity contribution in [3.8, 4) is 0 Å². The van der Waals surface area contributed by atoms with E-state index in [4.69, 9.17) is 0 Å². The van der Waals surface area contributed by atoms with Gasteiger partial charge in [0.05, 0.1) is 29.0 Å². The van der Waals surface area contributed by atoms with Crippen LogP contribution in [0.1, 0.15) is 34.8 Å². The summed E-state index contributed by atoms with van der Waals surface area (Å²) in [6, 6.07) is 23.3. The minimum atomic E-state index is -0.0964. The van der Waals surface area contributed by atoms with E-state index in [-0.39, 0.29) is 23.5 Å². The Morgan fingerprint density at radius 1 is 0.944 bits per heavy atom. The van der Waals surface area contributed by atoms with Crippen LogP contribution in [-0.2, 0) is 11.3 Å². The fourth-order valence-corrected chi connectivity index (χ4v) is 6.19. The fraction of sp³-hybridized carbons (Fsp3) is 0.250. The zero-order valence-corrected chi connectivity index (χ0v) is 20.5. The maximum Gasteiger partial charge on any atom is 0.326 e. The smallest absolute Gasteiger partial charge is 0.326 e. The molecule has 0 aliphatic carbocycles. The summed E-state index contributed by atoms with van der Waals surface area (Å²) >= 11 is 1.56. The molecule has 1 saturated heterocycles. The molecule has 182 valence electrons. The highest BCUT2D eigenvalue weighted by molar-refractivity contribution is 8.00. The number of imidazole rings is 1. The van der Waals surface area contributed by atoms with Crippen molar-refractivity contribution in [2.24, 2.45) is 0 Å². The molecule has 1 aromatic heterocycles. The molecule has 8 heteroatoms. The lowest BCUT2D eigenvalue weighted by Gasteiger charge is -2.33. The Hall–Kier alpha value is -3.78. The minimum Gasteiger partial charge on any atom is -0.338 e. The van der Waals surface area contributed by atoms with E-state index in [0.717, 1.165) is 40.0 Å². The summed E-state index contributed by atoms with van der Waals surface area (Å²) in [5.74, 6) is 0.483. The van der Waals surface area contributed by atoms with Crippen LogP contribution in [0.3, 0.4) is 0 Å². The number of hydrogen-bond donors (Lipinski definition) is 1. The number of rotatable bonds is 4. The first-order chi connectivity index (χ1) is 17.6. The van der Waals surface area contributed by atoms with Crippen LogP contribution in [-0.4, -0.2) is 45.1 Å². The van der Waals surface area contributed by atoms with Gasteiger partial charge in [-0.3, -0.25) is 14.2 Å². The Balaban J connectivity index is 1.16. The summed E-state index contributed by atoms with van der Waals surface area (Å²) in [5, 5.41) is 0. The predicted molar refractivity (Wildman–Crippen MR) is 142 cm³/mol. The van der Waals surface area contributed by atoms with Gasteiger partial charge < -0.3 is 14.8 Å². The molecule has 36 heavy (non-hydrogen) atoms. The van der Waals surface area contributed by atoms with E-state index in [1.54, 1.807) is 16.7 Å².